The van der Waals surface area contributed by atoms with E-state index >= 15 is 0 Å². The topological polar surface area (TPSA) is 126 Å². The Hall–Kier alpha value is -2.69. The van der Waals surface area contributed by atoms with Gasteiger partial charge < -0.3 is 10.6 Å². The maximum absolute atomic E-state index is 12.1. The summed E-state index contributed by atoms with van der Waals surface area (Å²) in [6.45, 7) is 1.70. The van der Waals surface area contributed by atoms with Crippen molar-refractivity contribution in [2.24, 2.45) is 0 Å². The molecule has 0 aliphatic carbocycles. The van der Waals surface area contributed by atoms with E-state index in [-0.39, 0.29) is 29.5 Å². The predicted octanol–water partition coefficient (Wildman–Crippen LogP) is 0.946. The Balaban J connectivity index is 3.09. The van der Waals surface area contributed by atoms with E-state index in [4.69, 9.17) is 11.0 Å². The average molecular weight is 263 g/mol. The Kier molecular flexibility index (Phi) is 4.36. The third-order valence-corrected chi connectivity index (χ3v) is 2.71. The molecule has 0 fully saturated rings. The number of anilines is 1. The highest BCUT2D eigenvalue weighted by atomic mass is 16.6. The number of amides is 1. The Labute approximate surface area is 109 Å². The van der Waals surface area contributed by atoms with E-state index in [0.717, 1.165) is 12.3 Å². The number of hydrogen-bond acceptors (Lipinski definition) is 6. The van der Waals surface area contributed by atoms with E-state index in [0.29, 0.717) is 0 Å². The second-order valence-electron chi connectivity index (χ2n) is 4.01. The number of carbonyl (C=O) groups is 1. The summed E-state index contributed by atoms with van der Waals surface area (Å²) in [4.78, 5) is 27.1. The van der Waals surface area contributed by atoms with E-state index in [1.807, 2.05) is 6.07 Å². The van der Waals surface area contributed by atoms with Gasteiger partial charge in [0.1, 0.15) is 12.0 Å². The molecule has 0 radical (unpaired) electrons. The Morgan fingerprint density at radius 1 is 1.74 bits per heavy atom. The molecule has 19 heavy (non-hydrogen) atoms. The number of nitro groups is 1. The van der Waals surface area contributed by atoms with Gasteiger partial charge in [0.2, 0.25) is 0 Å². The Morgan fingerprint density at radius 2 is 2.37 bits per heavy atom. The number of carbonyl (C=O) groups excluding carboxylic acids is 1. The van der Waals surface area contributed by atoms with Crippen molar-refractivity contribution >= 4 is 17.4 Å². The standard InChI is InChI=1S/C11H13N5O3/c1-7(3-4-12)15(2)11(17)9-5-8(16(18)19)6-14-10(9)13/h5-7H,3H2,1-2H3,(H2,13,14). The van der Waals surface area contributed by atoms with E-state index < -0.39 is 10.8 Å². The predicted molar refractivity (Wildman–Crippen MR) is 67.1 cm³/mol. The van der Waals surface area contributed by atoms with Crippen molar-refractivity contribution in [3.05, 3.63) is 27.9 Å². The van der Waals surface area contributed by atoms with Crippen LogP contribution in [0, 0.1) is 21.4 Å². The lowest BCUT2D eigenvalue weighted by molar-refractivity contribution is -0.385. The summed E-state index contributed by atoms with van der Waals surface area (Å²) in [5.74, 6) is -0.581. The molecule has 1 aromatic rings. The van der Waals surface area contributed by atoms with Crippen LogP contribution >= 0.6 is 0 Å². The maximum atomic E-state index is 12.1. The first kappa shape index (κ1) is 14.4. The van der Waals surface area contributed by atoms with Gasteiger partial charge in [-0.3, -0.25) is 14.9 Å². The number of rotatable bonds is 4. The lowest BCUT2D eigenvalue weighted by atomic mass is 10.1. The van der Waals surface area contributed by atoms with Crippen LogP contribution in [0.25, 0.3) is 0 Å². The summed E-state index contributed by atoms with van der Waals surface area (Å²) in [6, 6.07) is 2.71. The first-order valence-corrected chi connectivity index (χ1v) is 5.42. The summed E-state index contributed by atoms with van der Waals surface area (Å²) in [6.07, 6.45) is 1.15. The number of nitriles is 1. The summed E-state index contributed by atoms with van der Waals surface area (Å²) in [5.41, 5.74) is 5.21. The van der Waals surface area contributed by atoms with Crippen LogP contribution in [0.4, 0.5) is 11.5 Å². The molecule has 1 rings (SSSR count). The maximum Gasteiger partial charge on any atom is 0.288 e. The lowest BCUT2D eigenvalue weighted by Gasteiger charge is -2.23. The van der Waals surface area contributed by atoms with Crippen molar-refractivity contribution < 1.29 is 9.72 Å². The van der Waals surface area contributed by atoms with Crippen molar-refractivity contribution in [3.8, 4) is 6.07 Å². The van der Waals surface area contributed by atoms with Gasteiger partial charge in [0, 0.05) is 19.2 Å². The van der Waals surface area contributed by atoms with E-state index in [1.54, 1.807) is 6.92 Å². The third kappa shape index (κ3) is 3.16. The molecule has 1 aromatic heterocycles. The molecular weight excluding hydrogens is 250 g/mol. The van der Waals surface area contributed by atoms with Crippen LogP contribution in [0.5, 0.6) is 0 Å². The molecule has 0 spiro atoms. The molecule has 8 nitrogen and oxygen atoms in total. The van der Waals surface area contributed by atoms with Crippen LogP contribution < -0.4 is 5.73 Å². The highest BCUT2D eigenvalue weighted by molar-refractivity contribution is 5.98. The van der Waals surface area contributed by atoms with Crippen molar-refractivity contribution in [1.29, 1.82) is 5.26 Å². The summed E-state index contributed by atoms with van der Waals surface area (Å²) < 4.78 is 0. The van der Waals surface area contributed by atoms with Crippen LogP contribution in [0.2, 0.25) is 0 Å². The molecule has 0 aliphatic rings. The van der Waals surface area contributed by atoms with Gasteiger partial charge in [-0.2, -0.15) is 5.26 Å². The minimum Gasteiger partial charge on any atom is -0.383 e. The largest absolute Gasteiger partial charge is 0.383 e. The summed E-state index contributed by atoms with van der Waals surface area (Å²) >= 11 is 0. The minimum absolute atomic E-state index is 0.0403. The summed E-state index contributed by atoms with van der Waals surface area (Å²) in [7, 11) is 1.50. The fraction of sp³-hybridized carbons (Fsp3) is 0.364. The van der Waals surface area contributed by atoms with Gasteiger partial charge in [0.15, 0.2) is 0 Å². The van der Waals surface area contributed by atoms with Gasteiger partial charge in [-0.15, -0.1) is 0 Å². The SMILES string of the molecule is CC(CC#N)N(C)C(=O)c1cc([N+](=O)[O-])cnc1N. The van der Waals surface area contributed by atoms with Crippen LogP contribution in [-0.2, 0) is 0 Å². The van der Waals surface area contributed by atoms with Crippen LogP contribution in [0.3, 0.4) is 0 Å². The normalized spacial score (nSPS) is 11.4. The van der Waals surface area contributed by atoms with Crippen molar-refractivity contribution in [1.82, 2.24) is 9.88 Å². The second kappa shape index (κ2) is 5.77. The van der Waals surface area contributed by atoms with Gasteiger partial charge in [-0.05, 0) is 6.92 Å². The number of nitrogens with two attached hydrogens (primary N) is 1. The zero-order chi connectivity index (χ0) is 14.6. The van der Waals surface area contributed by atoms with Gasteiger partial charge in [-0.25, -0.2) is 4.98 Å². The second-order valence-corrected chi connectivity index (χ2v) is 4.01. The fourth-order valence-electron chi connectivity index (χ4n) is 1.39. The molecule has 8 heteroatoms. The molecule has 1 atom stereocenters. The smallest absolute Gasteiger partial charge is 0.288 e. The molecule has 100 valence electrons. The molecule has 0 saturated heterocycles. The highest BCUT2D eigenvalue weighted by Gasteiger charge is 2.22. The molecule has 0 aromatic carbocycles. The van der Waals surface area contributed by atoms with E-state index in [1.165, 1.54) is 11.9 Å². The Bertz CT molecular complexity index is 552. The minimum atomic E-state index is -0.651. The van der Waals surface area contributed by atoms with Gasteiger partial charge in [0.05, 0.1) is 23.0 Å². The third-order valence-electron chi connectivity index (χ3n) is 2.71. The van der Waals surface area contributed by atoms with Crippen LogP contribution in [0.15, 0.2) is 12.3 Å². The number of pyridine rings is 1. The first-order chi connectivity index (χ1) is 8.88. The molecule has 1 heterocycles. The first-order valence-electron chi connectivity index (χ1n) is 5.42. The van der Waals surface area contributed by atoms with Crippen molar-refractivity contribution in [2.75, 3.05) is 12.8 Å². The van der Waals surface area contributed by atoms with E-state index in [9.17, 15) is 14.9 Å². The molecule has 0 aliphatic heterocycles. The van der Waals surface area contributed by atoms with Crippen molar-refractivity contribution in [2.45, 2.75) is 19.4 Å². The summed E-state index contributed by atoms with van der Waals surface area (Å²) in [5, 5.41) is 19.2. The van der Waals surface area contributed by atoms with E-state index in [2.05, 4.69) is 4.98 Å². The number of nitrogen functional groups attached to an aromatic ring is 1. The van der Waals surface area contributed by atoms with Crippen molar-refractivity contribution in [3.63, 3.8) is 0 Å². The molecule has 1 unspecified atom stereocenters. The number of nitrogens with zero attached hydrogens (tertiary/aromatic N) is 4. The monoisotopic (exact) mass is 263 g/mol. The average Bonchev–Trinajstić information content (AvgIpc) is 2.37. The molecule has 2 N–H and O–H groups in total. The molecule has 0 saturated carbocycles. The number of hydrogen-bond donors (Lipinski definition) is 1. The molecule has 0 bridgehead atoms. The van der Waals surface area contributed by atoms with Crippen LogP contribution in [-0.4, -0.2) is 33.8 Å². The van der Waals surface area contributed by atoms with Gasteiger partial charge in [-0.1, -0.05) is 0 Å². The fourth-order valence-corrected chi connectivity index (χ4v) is 1.39. The number of aromatic nitrogens is 1. The Morgan fingerprint density at radius 3 is 2.89 bits per heavy atom. The van der Waals surface area contributed by atoms with Crippen LogP contribution in [0.1, 0.15) is 23.7 Å². The lowest BCUT2D eigenvalue weighted by Crippen LogP contribution is -2.35. The van der Waals surface area contributed by atoms with Gasteiger partial charge in [0.25, 0.3) is 11.6 Å². The molecular formula is C11H13N5O3. The quantitative estimate of drug-likeness (QED) is 0.636. The molecule has 1 amide bonds. The highest BCUT2D eigenvalue weighted by Crippen LogP contribution is 2.19. The zero-order valence-corrected chi connectivity index (χ0v) is 10.5. The zero-order valence-electron chi connectivity index (χ0n) is 10.5. The van der Waals surface area contributed by atoms with Gasteiger partial charge >= 0.3 is 0 Å².